The highest BCUT2D eigenvalue weighted by atomic mass is 19.4. The van der Waals surface area contributed by atoms with Gasteiger partial charge in [-0.05, 0) is 30.7 Å². The van der Waals surface area contributed by atoms with Crippen LogP contribution in [0.25, 0.3) is 16.7 Å². The zero-order valence-electron chi connectivity index (χ0n) is 18.0. The van der Waals surface area contributed by atoms with E-state index >= 15 is 0 Å². The largest absolute Gasteiger partial charge is 0.493 e. The molecule has 0 aliphatic rings. The molecule has 0 aliphatic carbocycles. The molecule has 0 saturated carbocycles. The van der Waals surface area contributed by atoms with Crippen LogP contribution in [0.5, 0.6) is 11.5 Å². The fourth-order valence-corrected chi connectivity index (χ4v) is 3.64. The number of aryl methyl sites for hydroxylation is 1. The number of hydrogen-bond acceptors (Lipinski definition) is 6. The molecule has 0 bridgehead atoms. The lowest BCUT2D eigenvalue weighted by molar-refractivity contribution is -0.137. The van der Waals surface area contributed by atoms with E-state index in [0.717, 1.165) is 23.5 Å². The van der Waals surface area contributed by atoms with Crippen molar-refractivity contribution in [3.63, 3.8) is 0 Å². The molecule has 0 saturated heterocycles. The van der Waals surface area contributed by atoms with Crippen LogP contribution in [0.4, 0.5) is 19.0 Å². The van der Waals surface area contributed by atoms with Gasteiger partial charge in [0.05, 0.1) is 25.3 Å². The molecule has 0 fully saturated rings. The maximum absolute atomic E-state index is 13.2. The van der Waals surface area contributed by atoms with Gasteiger partial charge in [0.1, 0.15) is 11.6 Å². The Morgan fingerprint density at radius 3 is 2.44 bits per heavy atom. The number of benzene rings is 2. The predicted octanol–water partition coefficient (Wildman–Crippen LogP) is 5.05. The van der Waals surface area contributed by atoms with E-state index in [-0.39, 0.29) is 0 Å². The second-order valence-corrected chi connectivity index (χ2v) is 7.28. The van der Waals surface area contributed by atoms with Crippen LogP contribution >= 0.6 is 0 Å². The fourth-order valence-electron chi connectivity index (χ4n) is 3.64. The van der Waals surface area contributed by atoms with Gasteiger partial charge in [0.2, 0.25) is 0 Å². The Balaban J connectivity index is 1.86. The summed E-state index contributed by atoms with van der Waals surface area (Å²) in [6.07, 6.45) is -3.78. The van der Waals surface area contributed by atoms with Gasteiger partial charge < -0.3 is 14.8 Å². The summed E-state index contributed by atoms with van der Waals surface area (Å²) in [6.45, 7) is 3.74. The summed E-state index contributed by atoms with van der Waals surface area (Å²) in [5.41, 5.74) is 0.521. The van der Waals surface area contributed by atoms with Gasteiger partial charge in [-0.1, -0.05) is 19.1 Å². The zero-order chi connectivity index (χ0) is 23.0. The Bertz CT molecular complexity index is 1290. The molecule has 1 unspecified atom stereocenters. The molecule has 2 aromatic heterocycles. The lowest BCUT2D eigenvalue weighted by Gasteiger charge is -2.19. The third kappa shape index (κ3) is 3.76. The van der Waals surface area contributed by atoms with E-state index in [0.29, 0.717) is 40.5 Å². The summed E-state index contributed by atoms with van der Waals surface area (Å²) in [4.78, 5) is 4.60. The van der Waals surface area contributed by atoms with Gasteiger partial charge in [-0.15, -0.1) is 10.2 Å². The third-order valence-corrected chi connectivity index (χ3v) is 5.31. The van der Waals surface area contributed by atoms with Crippen molar-refractivity contribution in [3.05, 3.63) is 53.3 Å². The van der Waals surface area contributed by atoms with Crippen molar-refractivity contribution in [2.24, 2.45) is 0 Å². The number of rotatable bonds is 6. The summed E-state index contributed by atoms with van der Waals surface area (Å²) in [7, 11) is 3.08. The normalized spacial score (nSPS) is 12.8. The van der Waals surface area contributed by atoms with Gasteiger partial charge >= 0.3 is 6.18 Å². The molecular weight excluding hydrogens is 423 g/mol. The lowest BCUT2D eigenvalue weighted by Crippen LogP contribution is -2.12. The summed E-state index contributed by atoms with van der Waals surface area (Å²) in [5.74, 6) is 2.58. The van der Waals surface area contributed by atoms with Crippen molar-refractivity contribution in [2.75, 3.05) is 19.5 Å². The molecule has 0 spiro atoms. The number of hydrogen-bond donors (Lipinski definition) is 1. The lowest BCUT2D eigenvalue weighted by atomic mass is 10.0. The highest BCUT2D eigenvalue weighted by molar-refractivity contribution is 5.94. The average molecular weight is 445 g/mol. The molecule has 1 N–H and O–H groups in total. The smallest absolute Gasteiger partial charge is 0.416 e. The van der Waals surface area contributed by atoms with E-state index in [2.05, 4.69) is 20.5 Å². The molecule has 2 aromatic carbocycles. The quantitative estimate of drug-likeness (QED) is 0.448. The topological polar surface area (TPSA) is 73.6 Å². The minimum Gasteiger partial charge on any atom is -0.493 e. The van der Waals surface area contributed by atoms with E-state index in [1.807, 2.05) is 17.4 Å². The highest BCUT2D eigenvalue weighted by Crippen LogP contribution is 2.37. The van der Waals surface area contributed by atoms with E-state index in [1.54, 1.807) is 26.2 Å². The molecule has 168 valence electrons. The van der Waals surface area contributed by atoms with Gasteiger partial charge in [0.15, 0.2) is 11.5 Å². The van der Waals surface area contributed by atoms with Gasteiger partial charge in [-0.25, -0.2) is 0 Å². The number of aromatic nitrogens is 4. The second kappa shape index (κ2) is 8.18. The molecule has 0 amide bonds. The first-order valence-electron chi connectivity index (χ1n) is 10.00. The van der Waals surface area contributed by atoms with Crippen molar-refractivity contribution < 1.29 is 22.6 Å². The van der Waals surface area contributed by atoms with Gasteiger partial charge in [-0.2, -0.15) is 18.2 Å². The summed E-state index contributed by atoms with van der Waals surface area (Å²) in [6, 6.07) is 8.35. The molecule has 7 nitrogen and oxygen atoms in total. The maximum atomic E-state index is 13.2. The summed E-state index contributed by atoms with van der Waals surface area (Å²) < 4.78 is 52.2. The van der Waals surface area contributed by atoms with Gasteiger partial charge in [-0.3, -0.25) is 4.40 Å². The van der Waals surface area contributed by atoms with Crippen molar-refractivity contribution in [1.82, 2.24) is 19.6 Å². The van der Waals surface area contributed by atoms with Crippen LogP contribution in [0.2, 0.25) is 0 Å². The first-order chi connectivity index (χ1) is 15.3. The van der Waals surface area contributed by atoms with E-state index in [9.17, 15) is 13.2 Å². The van der Waals surface area contributed by atoms with Crippen LogP contribution in [0, 0.1) is 0 Å². The first-order valence-corrected chi connectivity index (χ1v) is 10.00. The Labute approximate surface area is 182 Å². The van der Waals surface area contributed by atoms with Crippen molar-refractivity contribution >= 4 is 22.5 Å². The molecule has 0 aliphatic heterocycles. The first kappa shape index (κ1) is 21.7. The zero-order valence-corrected chi connectivity index (χ0v) is 18.0. The molecular formula is C22H22F3N5O2. The molecule has 32 heavy (non-hydrogen) atoms. The Kier molecular flexibility index (Phi) is 5.53. The number of nitrogens with zero attached hydrogens (tertiary/aromatic N) is 4. The SMILES string of the molecule is CCc1nnc2nc(NC(C)c3cccc(C(F)(F)F)c3)c3cc(OC)c(OC)cc3n12. The fraction of sp³-hybridized carbons (Fsp3) is 0.318. The van der Waals surface area contributed by atoms with Crippen molar-refractivity contribution in [2.45, 2.75) is 32.5 Å². The number of alkyl halides is 3. The number of fused-ring (bicyclic) bond motifs is 3. The van der Waals surface area contributed by atoms with Crippen LogP contribution in [-0.2, 0) is 12.6 Å². The maximum Gasteiger partial charge on any atom is 0.416 e. The monoisotopic (exact) mass is 445 g/mol. The van der Waals surface area contributed by atoms with E-state index < -0.39 is 17.8 Å². The van der Waals surface area contributed by atoms with E-state index in [1.165, 1.54) is 13.2 Å². The molecule has 4 rings (SSSR count). The van der Waals surface area contributed by atoms with Crippen molar-refractivity contribution in [3.8, 4) is 11.5 Å². The summed E-state index contributed by atoms with van der Waals surface area (Å²) in [5, 5.41) is 12.3. The second-order valence-electron chi connectivity index (χ2n) is 7.28. The van der Waals surface area contributed by atoms with Crippen LogP contribution < -0.4 is 14.8 Å². The minimum atomic E-state index is -4.42. The number of anilines is 1. The van der Waals surface area contributed by atoms with Crippen LogP contribution in [0.15, 0.2) is 36.4 Å². The van der Waals surface area contributed by atoms with E-state index in [4.69, 9.17) is 9.47 Å². The standard InChI is InChI=1S/C22H22F3N5O2/c1-5-19-28-29-21-27-20(15-10-17(31-3)18(32-4)11-16(15)30(19)21)26-12(2)13-7-6-8-14(9-13)22(23,24)25/h6-12H,5H2,1-4H3,(H,26,27,29). The Hall–Kier alpha value is -3.56. The molecule has 4 aromatic rings. The van der Waals surface area contributed by atoms with Gasteiger partial charge in [0.25, 0.3) is 5.78 Å². The Morgan fingerprint density at radius 2 is 1.78 bits per heavy atom. The molecule has 0 radical (unpaired) electrons. The van der Waals surface area contributed by atoms with Crippen LogP contribution in [0.1, 0.15) is 36.8 Å². The Morgan fingerprint density at radius 1 is 1.06 bits per heavy atom. The predicted molar refractivity (Wildman–Crippen MR) is 114 cm³/mol. The molecule has 10 heteroatoms. The van der Waals surface area contributed by atoms with Crippen LogP contribution in [-0.4, -0.2) is 33.8 Å². The van der Waals surface area contributed by atoms with Crippen molar-refractivity contribution in [1.29, 1.82) is 0 Å². The number of methoxy groups -OCH3 is 2. The third-order valence-electron chi connectivity index (χ3n) is 5.31. The molecule has 1 atom stereocenters. The number of ether oxygens (including phenoxy) is 2. The average Bonchev–Trinajstić information content (AvgIpc) is 3.20. The van der Waals surface area contributed by atoms with Gasteiger partial charge in [0, 0.05) is 23.9 Å². The summed E-state index contributed by atoms with van der Waals surface area (Å²) >= 11 is 0. The van der Waals surface area contributed by atoms with Crippen LogP contribution in [0.3, 0.4) is 0 Å². The number of nitrogens with one attached hydrogen (secondary N) is 1. The number of halogens is 3. The minimum absolute atomic E-state index is 0.375. The highest BCUT2D eigenvalue weighted by Gasteiger charge is 2.30. The molecule has 2 heterocycles.